The number of allylic oxidation sites excluding steroid dienone is 3. The molecule has 0 heterocycles. The van der Waals surface area contributed by atoms with Crippen molar-refractivity contribution in [2.45, 2.75) is 52.6 Å². The molecule has 19 heavy (non-hydrogen) atoms. The second-order valence-corrected chi connectivity index (χ2v) is 5.76. The maximum Gasteiger partial charge on any atom is 0.303 e. The van der Waals surface area contributed by atoms with Gasteiger partial charge in [0.15, 0.2) is 0 Å². The minimum Gasteiger partial charge on any atom is -0.458 e. The van der Waals surface area contributed by atoms with E-state index in [1.54, 1.807) is 0 Å². The summed E-state index contributed by atoms with van der Waals surface area (Å²) in [5, 5.41) is 0. The Labute approximate surface area is 117 Å². The quantitative estimate of drug-likeness (QED) is 0.543. The van der Waals surface area contributed by atoms with Crippen LogP contribution in [0.1, 0.15) is 46.5 Å². The second kappa shape index (κ2) is 7.32. The van der Waals surface area contributed by atoms with Crippen LogP contribution < -0.4 is 0 Å². The molecular weight excluding hydrogens is 236 g/mol. The third-order valence-electron chi connectivity index (χ3n) is 3.73. The number of hydrogen-bond acceptors (Lipinski definition) is 2. The lowest BCUT2D eigenvalue weighted by atomic mass is 9.86. The highest BCUT2D eigenvalue weighted by Gasteiger charge is 2.19. The van der Waals surface area contributed by atoms with Gasteiger partial charge in [-0.25, -0.2) is 0 Å². The largest absolute Gasteiger partial charge is 0.458 e. The summed E-state index contributed by atoms with van der Waals surface area (Å²) in [7, 11) is 0. The molecule has 1 aliphatic rings. The van der Waals surface area contributed by atoms with E-state index in [1.165, 1.54) is 6.92 Å². The van der Waals surface area contributed by atoms with Crippen LogP contribution in [0.3, 0.4) is 0 Å². The minimum absolute atomic E-state index is 0.159. The molecule has 2 nitrogen and oxygen atoms in total. The number of carbonyl (C=O) groups is 1. The molecule has 0 aliphatic heterocycles. The highest BCUT2D eigenvalue weighted by molar-refractivity contribution is 5.66. The Balaban J connectivity index is 2.80. The molecule has 0 bridgehead atoms. The van der Waals surface area contributed by atoms with Gasteiger partial charge in [-0.15, -0.1) is 0 Å². The number of rotatable bonds is 2. The maximum absolute atomic E-state index is 11.2. The lowest BCUT2D eigenvalue weighted by Crippen LogP contribution is -2.20. The van der Waals surface area contributed by atoms with Crippen molar-refractivity contribution in [2.75, 3.05) is 0 Å². The van der Waals surface area contributed by atoms with Crippen molar-refractivity contribution in [1.82, 2.24) is 0 Å². The van der Waals surface area contributed by atoms with Gasteiger partial charge in [-0.3, -0.25) is 4.79 Å². The first kappa shape index (κ1) is 15.7. The zero-order valence-electron chi connectivity index (χ0n) is 12.4. The van der Waals surface area contributed by atoms with Crippen LogP contribution in [0.25, 0.3) is 0 Å². The van der Waals surface area contributed by atoms with E-state index >= 15 is 0 Å². The van der Waals surface area contributed by atoms with Gasteiger partial charge in [-0.1, -0.05) is 44.7 Å². The third kappa shape index (κ3) is 5.46. The zero-order valence-corrected chi connectivity index (χ0v) is 12.4. The Bertz CT molecular complexity index is 377. The standard InChI is InChI=1S/C17H26O2/c1-12(2)16-9-6-13(3)7-11-17(19-15(5)18)14(4)8-10-16/h6,9,12,16-17H,3-4,7-8,10-11H2,1-2,5H3/b9-6+/t16-,17?/m1/s1. The SMILES string of the molecule is C=C1/C=C/[C@@H](C(C)C)CCC(=C)C(OC(C)=O)CC1. The van der Waals surface area contributed by atoms with Crippen LogP contribution in [0.4, 0.5) is 0 Å². The molecular formula is C17H26O2. The molecule has 0 fully saturated rings. The van der Waals surface area contributed by atoms with Gasteiger partial charge in [-0.2, -0.15) is 0 Å². The zero-order chi connectivity index (χ0) is 14.4. The van der Waals surface area contributed by atoms with Crippen molar-refractivity contribution in [3.63, 3.8) is 0 Å². The minimum atomic E-state index is -0.232. The fourth-order valence-electron chi connectivity index (χ4n) is 2.37. The summed E-state index contributed by atoms with van der Waals surface area (Å²) in [5.74, 6) is 0.901. The molecule has 0 N–H and O–H groups in total. The average Bonchev–Trinajstić information content (AvgIpc) is 2.32. The molecule has 106 valence electrons. The predicted octanol–water partition coefficient (Wildman–Crippen LogP) is 4.43. The van der Waals surface area contributed by atoms with E-state index in [0.717, 1.165) is 36.8 Å². The van der Waals surface area contributed by atoms with Crippen LogP contribution in [-0.2, 0) is 9.53 Å². The van der Waals surface area contributed by atoms with Crippen LogP contribution in [0.15, 0.2) is 36.5 Å². The first-order valence-electron chi connectivity index (χ1n) is 7.11. The molecule has 0 aromatic heterocycles. The van der Waals surface area contributed by atoms with Crippen LogP contribution in [0.2, 0.25) is 0 Å². The molecule has 0 amide bonds. The molecule has 1 unspecified atom stereocenters. The first-order valence-corrected chi connectivity index (χ1v) is 7.11. The Morgan fingerprint density at radius 1 is 1.32 bits per heavy atom. The topological polar surface area (TPSA) is 26.3 Å². The Morgan fingerprint density at radius 2 is 2.00 bits per heavy atom. The fourth-order valence-corrected chi connectivity index (χ4v) is 2.37. The van der Waals surface area contributed by atoms with Crippen LogP contribution >= 0.6 is 0 Å². The average molecular weight is 262 g/mol. The van der Waals surface area contributed by atoms with Crippen LogP contribution in [0, 0.1) is 11.8 Å². The van der Waals surface area contributed by atoms with E-state index in [2.05, 4.69) is 39.2 Å². The smallest absolute Gasteiger partial charge is 0.303 e. The van der Waals surface area contributed by atoms with Crippen molar-refractivity contribution in [2.24, 2.45) is 11.8 Å². The van der Waals surface area contributed by atoms with Gasteiger partial charge in [-0.05, 0) is 43.1 Å². The predicted molar refractivity (Wildman–Crippen MR) is 79.8 cm³/mol. The maximum atomic E-state index is 11.2. The summed E-state index contributed by atoms with van der Waals surface area (Å²) in [6.07, 6.45) is 7.84. The molecule has 1 rings (SSSR count). The summed E-state index contributed by atoms with van der Waals surface area (Å²) >= 11 is 0. The van der Waals surface area contributed by atoms with Crippen LogP contribution in [-0.4, -0.2) is 12.1 Å². The molecule has 0 radical (unpaired) electrons. The van der Waals surface area contributed by atoms with Crippen LogP contribution in [0.5, 0.6) is 0 Å². The molecule has 0 saturated heterocycles. The molecule has 1 aliphatic carbocycles. The van der Waals surface area contributed by atoms with E-state index in [0.29, 0.717) is 11.8 Å². The van der Waals surface area contributed by atoms with E-state index in [1.807, 2.05) is 0 Å². The fraction of sp³-hybridized carbons (Fsp3) is 0.588. The van der Waals surface area contributed by atoms with E-state index in [4.69, 9.17) is 4.74 Å². The molecule has 0 aromatic carbocycles. The summed E-state index contributed by atoms with van der Waals surface area (Å²) in [5.41, 5.74) is 2.13. The van der Waals surface area contributed by atoms with E-state index in [-0.39, 0.29) is 12.1 Å². The molecule has 0 spiro atoms. The Kier molecular flexibility index (Phi) is 6.07. The van der Waals surface area contributed by atoms with Crippen molar-refractivity contribution < 1.29 is 9.53 Å². The first-order chi connectivity index (χ1) is 8.90. The number of esters is 1. The van der Waals surface area contributed by atoms with Gasteiger partial charge in [0.1, 0.15) is 6.10 Å². The van der Waals surface area contributed by atoms with Crippen molar-refractivity contribution in [1.29, 1.82) is 0 Å². The molecule has 0 aromatic rings. The van der Waals surface area contributed by atoms with Gasteiger partial charge >= 0.3 is 5.97 Å². The van der Waals surface area contributed by atoms with Gasteiger partial charge in [0.2, 0.25) is 0 Å². The Hall–Kier alpha value is -1.31. The molecule has 0 saturated carbocycles. The number of ether oxygens (including phenoxy) is 1. The second-order valence-electron chi connectivity index (χ2n) is 5.76. The number of carbonyl (C=O) groups excluding carboxylic acids is 1. The van der Waals surface area contributed by atoms with E-state index in [9.17, 15) is 4.79 Å². The molecule has 2 atom stereocenters. The number of hydrogen-bond donors (Lipinski definition) is 0. The van der Waals surface area contributed by atoms with Gasteiger partial charge in [0, 0.05) is 6.92 Å². The van der Waals surface area contributed by atoms with Crippen molar-refractivity contribution in [3.05, 3.63) is 36.5 Å². The molecule has 2 heteroatoms. The highest BCUT2D eigenvalue weighted by atomic mass is 16.5. The lowest BCUT2D eigenvalue weighted by molar-refractivity contribution is -0.144. The Morgan fingerprint density at radius 3 is 2.58 bits per heavy atom. The van der Waals surface area contributed by atoms with Gasteiger partial charge in [0.05, 0.1) is 0 Å². The lowest BCUT2D eigenvalue weighted by Gasteiger charge is -2.24. The monoisotopic (exact) mass is 262 g/mol. The normalized spacial score (nSPS) is 27.2. The van der Waals surface area contributed by atoms with Gasteiger partial charge in [0.25, 0.3) is 0 Å². The highest BCUT2D eigenvalue weighted by Crippen LogP contribution is 2.27. The summed E-state index contributed by atoms with van der Waals surface area (Å²) in [6, 6.07) is 0. The summed E-state index contributed by atoms with van der Waals surface area (Å²) in [4.78, 5) is 11.2. The van der Waals surface area contributed by atoms with Crippen molar-refractivity contribution >= 4 is 5.97 Å². The van der Waals surface area contributed by atoms with Crippen molar-refractivity contribution in [3.8, 4) is 0 Å². The van der Waals surface area contributed by atoms with E-state index < -0.39 is 0 Å². The summed E-state index contributed by atoms with van der Waals surface area (Å²) < 4.78 is 5.38. The summed E-state index contributed by atoms with van der Waals surface area (Å²) in [6.45, 7) is 14.1. The van der Waals surface area contributed by atoms with Gasteiger partial charge < -0.3 is 4.74 Å². The third-order valence-corrected chi connectivity index (χ3v) is 3.73.